The van der Waals surface area contributed by atoms with Gasteiger partial charge in [0, 0.05) is 32.1 Å². The summed E-state index contributed by atoms with van der Waals surface area (Å²) in [5.74, 6) is -0.615. The topological polar surface area (TPSA) is 95.6 Å². The molecule has 26 heavy (non-hydrogen) atoms. The van der Waals surface area contributed by atoms with E-state index >= 15 is 0 Å². The van der Waals surface area contributed by atoms with Crippen LogP contribution in [0.1, 0.15) is 32.1 Å². The molecule has 1 aliphatic carbocycles. The number of benzene rings is 1. The lowest BCUT2D eigenvalue weighted by Crippen LogP contribution is -2.45. The van der Waals surface area contributed by atoms with Crippen LogP contribution in [0.15, 0.2) is 35.2 Å². The van der Waals surface area contributed by atoms with Gasteiger partial charge in [-0.3, -0.25) is 9.59 Å². The van der Waals surface area contributed by atoms with Crippen molar-refractivity contribution in [2.75, 3.05) is 19.6 Å². The summed E-state index contributed by atoms with van der Waals surface area (Å²) >= 11 is 0. The number of amides is 2. The Morgan fingerprint density at radius 2 is 1.85 bits per heavy atom. The maximum absolute atomic E-state index is 12.7. The predicted octanol–water partition coefficient (Wildman–Crippen LogP) is 0.872. The first-order valence-electron chi connectivity index (χ1n) is 9.09. The van der Waals surface area contributed by atoms with E-state index in [-0.39, 0.29) is 42.1 Å². The molecule has 1 aromatic carbocycles. The molecular formula is C18H25N3O4S. The molecule has 1 aromatic rings. The van der Waals surface area contributed by atoms with Crippen LogP contribution >= 0.6 is 0 Å². The average Bonchev–Trinajstić information content (AvgIpc) is 3.46. The smallest absolute Gasteiger partial charge is 0.243 e. The number of hydrogen-bond donors (Lipinski definition) is 2. The lowest BCUT2D eigenvalue weighted by Gasteiger charge is -2.31. The maximum atomic E-state index is 12.7. The minimum Gasteiger partial charge on any atom is -0.355 e. The number of nitrogens with zero attached hydrogens (tertiary/aromatic N) is 1. The summed E-state index contributed by atoms with van der Waals surface area (Å²) in [5, 5.41) is 5.64. The molecule has 1 aliphatic heterocycles. The van der Waals surface area contributed by atoms with Gasteiger partial charge in [0.05, 0.1) is 10.8 Å². The zero-order valence-electron chi connectivity index (χ0n) is 14.7. The van der Waals surface area contributed by atoms with Crippen LogP contribution in [0.4, 0.5) is 0 Å². The quantitative estimate of drug-likeness (QED) is 0.735. The highest BCUT2D eigenvalue weighted by Crippen LogP contribution is 2.23. The third-order valence-corrected chi connectivity index (χ3v) is 6.61. The van der Waals surface area contributed by atoms with Crippen molar-refractivity contribution < 1.29 is 18.0 Å². The SMILES string of the molecule is O=C(CCNC(=O)C1CCCN(S(=O)(=O)c2ccccc2)C1)NC1CC1. The number of sulfonamides is 1. The number of carbonyl (C=O) groups is 2. The fourth-order valence-corrected chi connectivity index (χ4v) is 4.63. The molecule has 1 heterocycles. The van der Waals surface area contributed by atoms with Crippen LogP contribution in [0.2, 0.25) is 0 Å². The standard InChI is InChI=1S/C18H25N3O4S/c22-17(20-15-8-9-15)10-11-19-18(23)14-5-4-12-21(13-14)26(24,25)16-6-2-1-3-7-16/h1-3,6-7,14-15H,4-5,8-13H2,(H,19,23)(H,20,22). The monoisotopic (exact) mass is 379 g/mol. The molecule has 0 aromatic heterocycles. The van der Waals surface area contributed by atoms with Gasteiger partial charge in [0.2, 0.25) is 21.8 Å². The van der Waals surface area contributed by atoms with E-state index in [4.69, 9.17) is 0 Å². The van der Waals surface area contributed by atoms with Gasteiger partial charge in [-0.15, -0.1) is 0 Å². The summed E-state index contributed by atoms with van der Waals surface area (Å²) in [6, 6.07) is 8.59. The first kappa shape index (κ1) is 18.8. The normalized spacial score (nSPS) is 21.2. The van der Waals surface area contributed by atoms with Crippen molar-refractivity contribution in [3.8, 4) is 0 Å². The zero-order chi connectivity index (χ0) is 18.6. The minimum absolute atomic E-state index is 0.0512. The third kappa shape index (κ3) is 4.82. The Kier molecular flexibility index (Phi) is 5.93. The van der Waals surface area contributed by atoms with Crippen LogP contribution < -0.4 is 10.6 Å². The molecule has 1 saturated carbocycles. The fraction of sp³-hybridized carbons (Fsp3) is 0.556. The lowest BCUT2D eigenvalue weighted by molar-refractivity contribution is -0.126. The van der Waals surface area contributed by atoms with E-state index < -0.39 is 10.0 Å². The van der Waals surface area contributed by atoms with E-state index in [1.54, 1.807) is 30.3 Å². The molecule has 1 unspecified atom stereocenters. The summed E-state index contributed by atoms with van der Waals surface area (Å²) < 4.78 is 26.8. The largest absolute Gasteiger partial charge is 0.355 e. The fourth-order valence-electron chi connectivity index (χ4n) is 3.09. The summed E-state index contributed by atoms with van der Waals surface area (Å²) in [6.07, 6.45) is 3.62. The van der Waals surface area contributed by atoms with Gasteiger partial charge in [0.1, 0.15) is 0 Å². The second-order valence-electron chi connectivity index (χ2n) is 6.90. The van der Waals surface area contributed by atoms with Crippen molar-refractivity contribution in [2.24, 2.45) is 5.92 Å². The van der Waals surface area contributed by atoms with Gasteiger partial charge in [-0.2, -0.15) is 4.31 Å². The van der Waals surface area contributed by atoms with Gasteiger partial charge >= 0.3 is 0 Å². The first-order valence-corrected chi connectivity index (χ1v) is 10.5. The summed E-state index contributed by atoms with van der Waals surface area (Å²) in [7, 11) is -3.58. The van der Waals surface area contributed by atoms with Gasteiger partial charge in [-0.05, 0) is 37.8 Å². The van der Waals surface area contributed by atoms with Crippen molar-refractivity contribution in [3.63, 3.8) is 0 Å². The number of nitrogens with one attached hydrogen (secondary N) is 2. The Balaban J connectivity index is 1.51. The summed E-state index contributed by atoms with van der Waals surface area (Å²) in [5.41, 5.74) is 0. The molecular weight excluding hydrogens is 354 g/mol. The molecule has 3 rings (SSSR count). The van der Waals surface area contributed by atoms with E-state index in [2.05, 4.69) is 10.6 Å². The molecule has 0 bridgehead atoms. The molecule has 8 heteroatoms. The van der Waals surface area contributed by atoms with Crippen molar-refractivity contribution >= 4 is 21.8 Å². The molecule has 1 atom stereocenters. The molecule has 142 valence electrons. The Hall–Kier alpha value is -1.93. The van der Waals surface area contributed by atoms with Crippen molar-refractivity contribution in [3.05, 3.63) is 30.3 Å². The maximum Gasteiger partial charge on any atom is 0.243 e. The van der Waals surface area contributed by atoms with Crippen LogP contribution in [0.3, 0.4) is 0 Å². The van der Waals surface area contributed by atoms with Gasteiger partial charge in [0.15, 0.2) is 0 Å². The Morgan fingerprint density at radius 3 is 2.54 bits per heavy atom. The Morgan fingerprint density at radius 1 is 1.12 bits per heavy atom. The van der Waals surface area contributed by atoms with E-state index in [0.29, 0.717) is 25.4 Å². The van der Waals surface area contributed by atoms with Crippen molar-refractivity contribution in [2.45, 2.75) is 43.0 Å². The highest BCUT2D eigenvalue weighted by atomic mass is 32.2. The van der Waals surface area contributed by atoms with Gasteiger partial charge in [-0.25, -0.2) is 8.42 Å². The van der Waals surface area contributed by atoms with Crippen LogP contribution in [-0.4, -0.2) is 50.2 Å². The number of carbonyl (C=O) groups excluding carboxylic acids is 2. The van der Waals surface area contributed by atoms with Crippen LogP contribution in [-0.2, 0) is 19.6 Å². The Labute approximate surface area is 154 Å². The Bertz CT molecular complexity index is 747. The van der Waals surface area contributed by atoms with Crippen LogP contribution in [0.5, 0.6) is 0 Å². The minimum atomic E-state index is -3.58. The number of rotatable bonds is 7. The van der Waals surface area contributed by atoms with E-state index in [1.165, 1.54) is 4.31 Å². The molecule has 2 aliphatic rings. The molecule has 7 nitrogen and oxygen atoms in total. The van der Waals surface area contributed by atoms with Gasteiger partial charge in [-0.1, -0.05) is 18.2 Å². The van der Waals surface area contributed by atoms with E-state index in [0.717, 1.165) is 12.8 Å². The second-order valence-corrected chi connectivity index (χ2v) is 8.84. The van der Waals surface area contributed by atoms with E-state index in [1.807, 2.05) is 0 Å². The highest BCUT2D eigenvalue weighted by molar-refractivity contribution is 7.89. The molecule has 0 radical (unpaired) electrons. The summed E-state index contributed by atoms with van der Waals surface area (Å²) in [6.45, 7) is 0.876. The third-order valence-electron chi connectivity index (χ3n) is 4.73. The van der Waals surface area contributed by atoms with Crippen molar-refractivity contribution in [1.29, 1.82) is 0 Å². The highest BCUT2D eigenvalue weighted by Gasteiger charge is 2.33. The van der Waals surface area contributed by atoms with Crippen LogP contribution in [0, 0.1) is 5.92 Å². The predicted molar refractivity (Wildman–Crippen MR) is 96.7 cm³/mol. The molecule has 2 fully saturated rings. The molecule has 2 N–H and O–H groups in total. The number of hydrogen-bond acceptors (Lipinski definition) is 4. The average molecular weight is 379 g/mol. The molecule has 1 saturated heterocycles. The summed E-state index contributed by atoms with van der Waals surface area (Å²) in [4.78, 5) is 24.2. The van der Waals surface area contributed by atoms with E-state index in [9.17, 15) is 18.0 Å². The lowest BCUT2D eigenvalue weighted by atomic mass is 9.99. The van der Waals surface area contributed by atoms with Gasteiger partial charge < -0.3 is 10.6 Å². The van der Waals surface area contributed by atoms with Crippen molar-refractivity contribution in [1.82, 2.24) is 14.9 Å². The second kappa shape index (κ2) is 8.18. The number of piperidine rings is 1. The zero-order valence-corrected chi connectivity index (χ0v) is 15.5. The first-order chi connectivity index (χ1) is 12.5. The molecule has 0 spiro atoms. The molecule has 2 amide bonds. The van der Waals surface area contributed by atoms with Crippen LogP contribution in [0.25, 0.3) is 0 Å². The van der Waals surface area contributed by atoms with Gasteiger partial charge in [0.25, 0.3) is 0 Å².